The van der Waals surface area contributed by atoms with Gasteiger partial charge in [-0.15, -0.1) is 10.2 Å². The Labute approximate surface area is 142 Å². The fourth-order valence-electron chi connectivity index (χ4n) is 1.47. The molecule has 1 aromatic heterocycles. The molecule has 0 unspecified atom stereocenters. The molecule has 1 heterocycles. The molecule has 1 amide bonds. The van der Waals surface area contributed by atoms with E-state index in [0.717, 1.165) is 17.0 Å². The summed E-state index contributed by atoms with van der Waals surface area (Å²) in [6.07, 6.45) is 3.88. The third-order valence-corrected chi connectivity index (χ3v) is 3.96. The highest BCUT2D eigenvalue weighted by molar-refractivity contribution is 7.80. The summed E-state index contributed by atoms with van der Waals surface area (Å²) >= 11 is 12.2. The Morgan fingerprint density at radius 2 is 2.09 bits per heavy atom. The molecule has 2 N–H and O–H groups in total. The van der Waals surface area contributed by atoms with Crippen LogP contribution in [0.4, 0.5) is 5.13 Å². The molecule has 2 rings (SSSR count). The predicted octanol–water partition coefficient (Wildman–Crippen LogP) is 3.28. The maximum Gasteiger partial charge on any atom is 0.250 e. The van der Waals surface area contributed by atoms with Crippen LogP contribution in [0.2, 0.25) is 5.02 Å². The smallest absolute Gasteiger partial charge is 0.250 e. The van der Waals surface area contributed by atoms with Gasteiger partial charge in [0.05, 0.1) is 0 Å². The second-order valence-corrected chi connectivity index (χ2v) is 6.09. The zero-order chi connectivity index (χ0) is 15.9. The van der Waals surface area contributed by atoms with Crippen LogP contribution in [0.15, 0.2) is 30.3 Å². The molecule has 22 heavy (non-hydrogen) atoms. The molecular weight excluding hydrogens is 340 g/mol. The lowest BCUT2D eigenvalue weighted by Crippen LogP contribution is -2.32. The highest BCUT2D eigenvalue weighted by Gasteiger charge is 2.06. The first-order valence-corrected chi connectivity index (χ1v) is 8.05. The van der Waals surface area contributed by atoms with Crippen LogP contribution in [0.1, 0.15) is 17.5 Å². The van der Waals surface area contributed by atoms with Crippen molar-refractivity contribution >= 4 is 57.4 Å². The topological polar surface area (TPSA) is 66.9 Å². The van der Waals surface area contributed by atoms with Crippen LogP contribution >= 0.6 is 35.2 Å². The average molecular weight is 353 g/mol. The summed E-state index contributed by atoms with van der Waals surface area (Å²) in [5, 5.41) is 15.5. The van der Waals surface area contributed by atoms with E-state index in [1.807, 2.05) is 19.1 Å². The lowest BCUT2D eigenvalue weighted by Gasteiger charge is -2.03. The van der Waals surface area contributed by atoms with Crippen molar-refractivity contribution < 1.29 is 4.79 Å². The van der Waals surface area contributed by atoms with E-state index in [4.69, 9.17) is 23.8 Å². The van der Waals surface area contributed by atoms with Crippen LogP contribution < -0.4 is 10.6 Å². The number of thiocarbonyl (C=S) groups is 1. The Kier molecular flexibility index (Phi) is 6.00. The molecule has 0 radical (unpaired) electrons. The van der Waals surface area contributed by atoms with E-state index in [1.165, 1.54) is 17.4 Å². The largest absolute Gasteiger partial charge is 0.307 e. The van der Waals surface area contributed by atoms with Crippen LogP contribution in [-0.2, 0) is 11.2 Å². The van der Waals surface area contributed by atoms with Gasteiger partial charge in [-0.2, -0.15) is 0 Å². The van der Waals surface area contributed by atoms with Crippen molar-refractivity contribution in [3.63, 3.8) is 0 Å². The number of halogens is 1. The molecule has 8 heteroatoms. The van der Waals surface area contributed by atoms with Gasteiger partial charge in [0.2, 0.25) is 11.0 Å². The Morgan fingerprint density at radius 3 is 2.73 bits per heavy atom. The molecule has 0 atom stereocenters. The number of anilines is 1. The van der Waals surface area contributed by atoms with E-state index < -0.39 is 0 Å². The van der Waals surface area contributed by atoms with Crippen molar-refractivity contribution in [2.45, 2.75) is 13.3 Å². The highest BCUT2D eigenvalue weighted by Crippen LogP contribution is 2.15. The molecule has 0 saturated carbocycles. The lowest BCUT2D eigenvalue weighted by molar-refractivity contribution is -0.115. The van der Waals surface area contributed by atoms with Gasteiger partial charge >= 0.3 is 0 Å². The van der Waals surface area contributed by atoms with Crippen molar-refractivity contribution in [1.82, 2.24) is 15.5 Å². The lowest BCUT2D eigenvalue weighted by atomic mass is 10.2. The number of benzene rings is 1. The number of nitrogens with zero attached hydrogens (tertiary/aromatic N) is 2. The van der Waals surface area contributed by atoms with E-state index in [1.54, 1.807) is 18.2 Å². The Bertz CT molecular complexity index is 697. The second kappa shape index (κ2) is 7.98. The molecular formula is C14H13ClN4OS2. The van der Waals surface area contributed by atoms with Crippen molar-refractivity contribution in [3.8, 4) is 0 Å². The van der Waals surface area contributed by atoms with Gasteiger partial charge in [-0.1, -0.05) is 42.0 Å². The molecule has 0 bridgehead atoms. The third-order valence-electron chi connectivity index (χ3n) is 2.52. The Balaban J connectivity index is 1.85. The van der Waals surface area contributed by atoms with Crippen LogP contribution in [-0.4, -0.2) is 21.2 Å². The van der Waals surface area contributed by atoms with Crippen molar-refractivity contribution in [2.24, 2.45) is 0 Å². The summed E-state index contributed by atoms with van der Waals surface area (Å²) in [6.45, 7) is 1.99. The summed E-state index contributed by atoms with van der Waals surface area (Å²) in [6, 6.07) is 7.14. The number of carbonyl (C=O) groups excluding carboxylic acids is 1. The van der Waals surface area contributed by atoms with Crippen molar-refractivity contribution in [3.05, 3.63) is 45.9 Å². The molecule has 0 aliphatic carbocycles. The predicted molar refractivity (Wildman–Crippen MR) is 94.1 cm³/mol. The van der Waals surface area contributed by atoms with Crippen LogP contribution in [0, 0.1) is 0 Å². The number of carbonyl (C=O) groups is 1. The van der Waals surface area contributed by atoms with Gasteiger partial charge in [0, 0.05) is 11.1 Å². The zero-order valence-corrected chi connectivity index (χ0v) is 14.1. The van der Waals surface area contributed by atoms with Gasteiger partial charge in [-0.3, -0.25) is 10.1 Å². The number of nitrogens with one attached hydrogen (secondary N) is 2. The SMILES string of the molecule is CCc1nnc(NC(=S)NC(=O)C=Cc2ccc(Cl)cc2)s1. The minimum Gasteiger partial charge on any atom is -0.307 e. The van der Waals surface area contributed by atoms with E-state index in [0.29, 0.717) is 10.2 Å². The first-order valence-electron chi connectivity index (χ1n) is 6.45. The first-order chi connectivity index (χ1) is 10.6. The Morgan fingerprint density at radius 1 is 1.36 bits per heavy atom. The summed E-state index contributed by atoms with van der Waals surface area (Å²) in [7, 11) is 0. The van der Waals surface area contributed by atoms with Crippen LogP contribution in [0.25, 0.3) is 6.08 Å². The normalized spacial score (nSPS) is 10.6. The Hall–Kier alpha value is -1.83. The number of aryl methyl sites for hydroxylation is 1. The number of amides is 1. The molecule has 0 aliphatic rings. The fraction of sp³-hybridized carbons (Fsp3) is 0.143. The van der Waals surface area contributed by atoms with E-state index in [2.05, 4.69) is 20.8 Å². The zero-order valence-electron chi connectivity index (χ0n) is 11.7. The monoisotopic (exact) mass is 352 g/mol. The second-order valence-electron chi connectivity index (χ2n) is 4.18. The molecule has 0 spiro atoms. The van der Waals surface area contributed by atoms with Gasteiger partial charge in [0.25, 0.3) is 0 Å². The van der Waals surface area contributed by atoms with Crippen LogP contribution in [0.5, 0.6) is 0 Å². The first kappa shape index (κ1) is 16.5. The average Bonchev–Trinajstić information content (AvgIpc) is 2.94. The summed E-state index contributed by atoms with van der Waals surface area (Å²) < 4.78 is 0. The highest BCUT2D eigenvalue weighted by atomic mass is 35.5. The van der Waals surface area contributed by atoms with Gasteiger partial charge in [-0.25, -0.2) is 0 Å². The van der Waals surface area contributed by atoms with Gasteiger partial charge in [0.1, 0.15) is 5.01 Å². The number of aromatic nitrogens is 2. The third kappa shape index (κ3) is 5.18. The minimum absolute atomic E-state index is 0.185. The molecule has 1 aromatic carbocycles. The molecule has 5 nitrogen and oxygen atoms in total. The maximum absolute atomic E-state index is 11.8. The van der Waals surface area contributed by atoms with Gasteiger partial charge in [-0.05, 0) is 42.4 Å². The van der Waals surface area contributed by atoms with E-state index in [-0.39, 0.29) is 11.0 Å². The molecule has 0 saturated heterocycles. The maximum atomic E-state index is 11.8. The molecule has 2 aromatic rings. The van der Waals surface area contributed by atoms with E-state index in [9.17, 15) is 4.79 Å². The quantitative estimate of drug-likeness (QED) is 0.653. The molecule has 114 valence electrons. The molecule has 0 fully saturated rings. The standard InChI is InChI=1S/C14H13ClN4OS2/c1-2-12-18-19-14(22-12)17-13(21)16-11(20)8-5-9-3-6-10(15)7-4-9/h3-8H,2H2,1H3,(H2,16,17,19,20,21). The van der Waals surface area contributed by atoms with Gasteiger partial charge < -0.3 is 5.32 Å². The number of hydrogen-bond acceptors (Lipinski definition) is 5. The summed E-state index contributed by atoms with van der Waals surface area (Å²) in [5.41, 5.74) is 0.870. The summed E-state index contributed by atoms with van der Waals surface area (Å²) in [5.74, 6) is -0.326. The fourth-order valence-corrected chi connectivity index (χ4v) is 2.55. The minimum atomic E-state index is -0.326. The van der Waals surface area contributed by atoms with Crippen LogP contribution in [0.3, 0.4) is 0 Å². The van der Waals surface area contributed by atoms with Crippen molar-refractivity contribution in [1.29, 1.82) is 0 Å². The van der Waals surface area contributed by atoms with Gasteiger partial charge in [0.15, 0.2) is 5.11 Å². The summed E-state index contributed by atoms with van der Waals surface area (Å²) in [4.78, 5) is 11.8. The van der Waals surface area contributed by atoms with Crippen molar-refractivity contribution in [2.75, 3.05) is 5.32 Å². The number of rotatable bonds is 4. The van der Waals surface area contributed by atoms with E-state index >= 15 is 0 Å². The number of hydrogen-bond donors (Lipinski definition) is 2. The molecule has 0 aliphatic heterocycles.